The number of nitrogens with zero attached hydrogens (tertiary/aromatic N) is 1. The molecule has 3 N–H and O–H groups in total. The van der Waals surface area contributed by atoms with Crippen LogP contribution in [0.4, 0.5) is 4.39 Å². The predicted octanol–water partition coefficient (Wildman–Crippen LogP) is 7.77. The highest BCUT2D eigenvalue weighted by Gasteiger charge is 2.20. The van der Waals surface area contributed by atoms with Crippen molar-refractivity contribution in [1.82, 2.24) is 5.32 Å². The van der Waals surface area contributed by atoms with Crippen LogP contribution in [0.15, 0.2) is 52.8 Å². The van der Waals surface area contributed by atoms with Gasteiger partial charge in [-0.25, -0.2) is 9.38 Å². The molecule has 1 amide bonds. The van der Waals surface area contributed by atoms with E-state index in [4.69, 9.17) is 33.7 Å². The summed E-state index contributed by atoms with van der Waals surface area (Å²) in [6.07, 6.45) is 7.23. The van der Waals surface area contributed by atoms with Gasteiger partial charge in [-0.05, 0) is 92.8 Å². The van der Waals surface area contributed by atoms with E-state index in [9.17, 15) is 9.18 Å². The lowest BCUT2D eigenvalue weighted by atomic mass is 9.88. The Labute approximate surface area is 235 Å². The maximum atomic E-state index is 13.9. The van der Waals surface area contributed by atoms with Crippen molar-refractivity contribution in [2.45, 2.75) is 77.2 Å². The summed E-state index contributed by atoms with van der Waals surface area (Å²) in [5.41, 5.74) is 9.74. The number of aliphatic imine (C=N–C) groups is 1. The normalized spacial score (nSPS) is 16.2. The summed E-state index contributed by atoms with van der Waals surface area (Å²) < 4.78 is 19.4. The van der Waals surface area contributed by atoms with Crippen LogP contribution in [0.1, 0.15) is 92.6 Å². The van der Waals surface area contributed by atoms with Crippen LogP contribution in [0.2, 0.25) is 10.0 Å². The van der Waals surface area contributed by atoms with Gasteiger partial charge < -0.3 is 15.8 Å². The molecule has 1 heterocycles. The number of rotatable bonds is 13. The fraction of sp³-hybridized carbons (Fsp3) is 0.467. The zero-order valence-corrected chi connectivity index (χ0v) is 23.9. The highest BCUT2D eigenvalue weighted by molar-refractivity contribution is 6.36. The van der Waals surface area contributed by atoms with Gasteiger partial charge in [0.1, 0.15) is 11.6 Å². The maximum Gasteiger partial charge on any atom is 0.251 e. The molecule has 0 radical (unpaired) electrons. The van der Waals surface area contributed by atoms with Gasteiger partial charge in [0.2, 0.25) is 0 Å². The van der Waals surface area contributed by atoms with Gasteiger partial charge in [0, 0.05) is 35.9 Å². The van der Waals surface area contributed by atoms with Crippen molar-refractivity contribution < 1.29 is 13.9 Å². The molecule has 2 unspecified atom stereocenters. The van der Waals surface area contributed by atoms with Crippen molar-refractivity contribution in [3.63, 3.8) is 0 Å². The summed E-state index contributed by atoms with van der Waals surface area (Å²) in [7, 11) is 0. The summed E-state index contributed by atoms with van der Waals surface area (Å²) in [6, 6.07) is 10.5. The molecule has 0 aromatic heterocycles. The molecule has 5 nitrogen and oxygen atoms in total. The zero-order chi connectivity index (χ0) is 27.7. The smallest absolute Gasteiger partial charge is 0.251 e. The number of amides is 1. The molecule has 206 valence electrons. The van der Waals surface area contributed by atoms with Crippen LogP contribution in [0.5, 0.6) is 0 Å². The first-order valence-electron chi connectivity index (χ1n) is 13.3. The number of ether oxygens (including phenoxy) is 1. The van der Waals surface area contributed by atoms with Gasteiger partial charge >= 0.3 is 0 Å². The lowest BCUT2D eigenvalue weighted by Gasteiger charge is -2.21. The lowest BCUT2D eigenvalue weighted by molar-refractivity contribution is 0.0757. The summed E-state index contributed by atoms with van der Waals surface area (Å²) >= 11 is 12.4. The monoisotopic (exact) mass is 561 g/mol. The zero-order valence-electron chi connectivity index (χ0n) is 22.4. The number of carbonyl (C=O) groups is 1. The molecule has 2 aromatic carbocycles. The van der Waals surface area contributed by atoms with Gasteiger partial charge in [0.25, 0.3) is 5.91 Å². The fourth-order valence-corrected chi connectivity index (χ4v) is 5.37. The molecule has 1 aliphatic rings. The van der Waals surface area contributed by atoms with Crippen molar-refractivity contribution >= 4 is 35.3 Å². The molecular weight excluding hydrogens is 524 g/mol. The van der Waals surface area contributed by atoms with Gasteiger partial charge in [0.15, 0.2) is 0 Å². The minimum atomic E-state index is -0.442. The molecule has 2 aromatic rings. The highest BCUT2D eigenvalue weighted by atomic mass is 35.5. The molecule has 1 aliphatic heterocycles. The number of nitrogens with two attached hydrogens (primary N) is 1. The van der Waals surface area contributed by atoms with E-state index in [1.165, 1.54) is 6.07 Å². The van der Waals surface area contributed by atoms with Crippen molar-refractivity contribution in [2.75, 3.05) is 13.2 Å². The summed E-state index contributed by atoms with van der Waals surface area (Å²) in [5, 5.41) is 3.55. The first kappa shape index (κ1) is 30.1. The lowest BCUT2D eigenvalue weighted by Crippen LogP contribution is -2.25. The Morgan fingerprint density at radius 2 is 1.87 bits per heavy atom. The van der Waals surface area contributed by atoms with Crippen molar-refractivity contribution in [1.29, 1.82) is 0 Å². The molecule has 8 heteroatoms. The fourth-order valence-electron chi connectivity index (χ4n) is 4.62. The molecule has 0 fully saturated rings. The van der Waals surface area contributed by atoms with Crippen LogP contribution in [0, 0.1) is 5.82 Å². The molecular formula is C30H38Cl2FN3O2. The molecule has 0 aliphatic carbocycles. The molecule has 0 saturated heterocycles. The average molecular weight is 563 g/mol. The number of hydrogen-bond acceptors (Lipinski definition) is 4. The first-order valence-corrected chi connectivity index (χ1v) is 14.1. The second-order valence-electron chi connectivity index (χ2n) is 10.1. The van der Waals surface area contributed by atoms with Crippen LogP contribution >= 0.6 is 23.2 Å². The van der Waals surface area contributed by atoms with Crippen molar-refractivity contribution in [3.05, 3.63) is 80.3 Å². The van der Waals surface area contributed by atoms with Gasteiger partial charge in [-0.15, -0.1) is 0 Å². The van der Waals surface area contributed by atoms with E-state index in [1.807, 2.05) is 51.3 Å². The number of unbranched alkanes of at least 4 members (excludes halogenated alkanes) is 1. The van der Waals surface area contributed by atoms with Crippen LogP contribution in [-0.2, 0) is 4.74 Å². The molecule has 2 atom stereocenters. The van der Waals surface area contributed by atoms with Gasteiger partial charge in [-0.3, -0.25) is 4.79 Å². The number of halogens is 3. The van der Waals surface area contributed by atoms with Crippen LogP contribution in [-0.4, -0.2) is 31.4 Å². The quantitative estimate of drug-likeness (QED) is 0.193. The summed E-state index contributed by atoms with van der Waals surface area (Å²) in [5.74, 6) is 0.230. The van der Waals surface area contributed by atoms with E-state index in [-0.39, 0.29) is 28.9 Å². The van der Waals surface area contributed by atoms with E-state index in [0.29, 0.717) is 35.1 Å². The van der Waals surface area contributed by atoms with Crippen LogP contribution < -0.4 is 11.1 Å². The minimum Gasteiger partial charge on any atom is -0.384 e. The maximum absolute atomic E-state index is 13.9. The van der Waals surface area contributed by atoms with Gasteiger partial charge in [-0.1, -0.05) is 48.7 Å². The van der Waals surface area contributed by atoms with E-state index in [2.05, 4.69) is 10.3 Å². The third-order valence-electron chi connectivity index (χ3n) is 6.82. The minimum absolute atomic E-state index is 0.0539. The van der Waals surface area contributed by atoms with Gasteiger partial charge in [0.05, 0.1) is 11.1 Å². The molecule has 0 bridgehead atoms. The first-order chi connectivity index (χ1) is 18.2. The van der Waals surface area contributed by atoms with E-state index < -0.39 is 5.82 Å². The van der Waals surface area contributed by atoms with E-state index in [0.717, 1.165) is 49.7 Å². The Morgan fingerprint density at radius 3 is 2.58 bits per heavy atom. The van der Waals surface area contributed by atoms with E-state index >= 15 is 0 Å². The van der Waals surface area contributed by atoms with Gasteiger partial charge in [-0.2, -0.15) is 0 Å². The topological polar surface area (TPSA) is 76.7 Å². The molecule has 38 heavy (non-hydrogen) atoms. The largest absolute Gasteiger partial charge is 0.384 e. The Hall–Kier alpha value is -2.41. The Morgan fingerprint density at radius 1 is 1.13 bits per heavy atom. The highest BCUT2D eigenvalue weighted by Crippen LogP contribution is 2.36. The molecule has 3 rings (SSSR count). The third-order valence-corrected chi connectivity index (χ3v) is 7.53. The second-order valence-corrected chi connectivity index (χ2v) is 10.9. The molecule has 0 spiro atoms. The predicted molar refractivity (Wildman–Crippen MR) is 155 cm³/mol. The van der Waals surface area contributed by atoms with Crippen molar-refractivity contribution in [2.24, 2.45) is 10.7 Å². The van der Waals surface area contributed by atoms with Crippen molar-refractivity contribution in [3.8, 4) is 0 Å². The SMILES string of the molecule is CC(C)OCCCNC(=O)c1ccc(C2C=NC(N)=C(CCCCC(C)c3c(Cl)ccc(F)c3Cl)C2)cc1. The molecule has 0 saturated carbocycles. The number of hydrogen-bond donors (Lipinski definition) is 2. The number of carbonyl (C=O) groups excluding carboxylic acids is 1. The van der Waals surface area contributed by atoms with Crippen LogP contribution in [0.25, 0.3) is 0 Å². The third kappa shape index (κ3) is 8.55. The number of benzene rings is 2. The standard InChI is InChI=1S/C30H38Cl2FN3O2/c1-19(2)38-16-6-15-35-30(37)22-11-9-21(10-12-22)24-17-23(29(34)36-18-24)8-5-4-7-20(3)27-25(31)13-14-26(33)28(27)32/h9-14,18-20,24H,4-8,15-17,34H2,1-3H3,(H,35,37). The summed E-state index contributed by atoms with van der Waals surface area (Å²) in [6.45, 7) is 7.22. The number of nitrogens with one attached hydrogen (secondary N) is 1. The number of allylic oxidation sites excluding steroid dienone is 1. The Kier molecular flexibility index (Phi) is 11.6. The Bertz CT molecular complexity index is 1150. The van der Waals surface area contributed by atoms with E-state index in [1.54, 1.807) is 6.07 Å². The summed E-state index contributed by atoms with van der Waals surface area (Å²) in [4.78, 5) is 16.9. The van der Waals surface area contributed by atoms with Crippen LogP contribution in [0.3, 0.4) is 0 Å². The Balaban J connectivity index is 1.47. The second kappa shape index (κ2) is 14.7. The average Bonchev–Trinajstić information content (AvgIpc) is 2.89.